The van der Waals surface area contributed by atoms with E-state index in [0.29, 0.717) is 12.6 Å². The van der Waals surface area contributed by atoms with E-state index in [1.54, 1.807) is 0 Å². The number of halogens is 2. The highest BCUT2D eigenvalue weighted by Gasteiger charge is 2.19. The molecule has 4 rings (SSSR count). The second kappa shape index (κ2) is 11.0. The second-order valence-electron chi connectivity index (χ2n) is 8.05. The van der Waals surface area contributed by atoms with Gasteiger partial charge in [-0.2, -0.15) is 0 Å². The molecular weight excluding hydrogens is 427 g/mol. The molecule has 0 atom stereocenters. The maximum Gasteiger partial charge on any atom is 0.124 e. The smallest absolute Gasteiger partial charge is 0.124 e. The van der Waals surface area contributed by atoms with E-state index in [1.807, 2.05) is 42.5 Å². The molecule has 1 heterocycles. The molecule has 0 unspecified atom stereocenters. The molecule has 31 heavy (non-hydrogen) atoms. The molecule has 0 radical (unpaired) electrons. The molecule has 3 aromatic carbocycles. The molecule has 0 aromatic heterocycles. The lowest BCUT2D eigenvalue weighted by Gasteiger charge is -2.32. The Morgan fingerprint density at radius 2 is 1.61 bits per heavy atom. The first kappa shape index (κ1) is 22.2. The quantitative estimate of drug-likeness (QED) is 0.430. The van der Waals surface area contributed by atoms with Gasteiger partial charge in [0.1, 0.15) is 12.4 Å². The van der Waals surface area contributed by atoms with Gasteiger partial charge in [-0.15, -0.1) is 0 Å². The first-order chi connectivity index (χ1) is 15.2. The Balaban J connectivity index is 1.29. The molecule has 1 saturated heterocycles. The summed E-state index contributed by atoms with van der Waals surface area (Å²) in [5, 5.41) is 5.15. The molecule has 1 fully saturated rings. The molecule has 0 spiro atoms. The van der Waals surface area contributed by atoms with Crippen molar-refractivity contribution in [3.05, 3.63) is 99.5 Å². The zero-order chi connectivity index (χ0) is 21.5. The Morgan fingerprint density at radius 1 is 0.871 bits per heavy atom. The largest absolute Gasteiger partial charge is 0.489 e. The fourth-order valence-electron chi connectivity index (χ4n) is 3.99. The number of ether oxygens (including phenoxy) is 1. The Morgan fingerprint density at radius 3 is 2.39 bits per heavy atom. The fraction of sp³-hybridized carbons (Fsp3) is 0.308. The van der Waals surface area contributed by atoms with Crippen LogP contribution in [0, 0.1) is 0 Å². The lowest BCUT2D eigenvalue weighted by Crippen LogP contribution is -2.41. The first-order valence-electron chi connectivity index (χ1n) is 10.8. The van der Waals surface area contributed by atoms with E-state index in [9.17, 15) is 0 Å². The van der Waals surface area contributed by atoms with E-state index >= 15 is 0 Å². The summed E-state index contributed by atoms with van der Waals surface area (Å²) >= 11 is 12.5. The van der Waals surface area contributed by atoms with E-state index in [1.165, 1.54) is 5.56 Å². The second-order valence-corrected chi connectivity index (χ2v) is 8.89. The van der Waals surface area contributed by atoms with Crippen molar-refractivity contribution < 1.29 is 4.74 Å². The minimum atomic E-state index is 0.437. The third kappa shape index (κ3) is 6.47. The molecule has 0 aliphatic carbocycles. The van der Waals surface area contributed by atoms with Crippen LogP contribution in [0.1, 0.15) is 29.5 Å². The van der Waals surface area contributed by atoms with Crippen LogP contribution in [0.5, 0.6) is 5.75 Å². The summed E-state index contributed by atoms with van der Waals surface area (Å²) in [6, 6.07) is 24.8. The third-order valence-corrected chi connectivity index (χ3v) is 6.39. The Labute approximate surface area is 194 Å². The average Bonchev–Trinajstić information content (AvgIpc) is 2.80. The SMILES string of the molecule is Clc1ccc(OCc2ccccc2Cl)c(CNC2CCN(Cc3ccccc3)CC2)c1. The van der Waals surface area contributed by atoms with Crippen molar-refractivity contribution in [3.63, 3.8) is 0 Å². The normalized spacial score (nSPS) is 15.2. The zero-order valence-corrected chi connectivity index (χ0v) is 19.1. The molecule has 1 aliphatic rings. The monoisotopic (exact) mass is 454 g/mol. The number of hydrogen-bond donors (Lipinski definition) is 1. The van der Waals surface area contributed by atoms with Gasteiger partial charge < -0.3 is 10.1 Å². The van der Waals surface area contributed by atoms with Crippen LogP contribution < -0.4 is 10.1 Å². The number of nitrogens with one attached hydrogen (secondary N) is 1. The van der Waals surface area contributed by atoms with Gasteiger partial charge in [0.25, 0.3) is 0 Å². The predicted molar refractivity (Wildman–Crippen MR) is 129 cm³/mol. The van der Waals surface area contributed by atoms with Crippen molar-refractivity contribution in [1.82, 2.24) is 10.2 Å². The molecule has 3 aromatic rings. The average molecular weight is 455 g/mol. The summed E-state index contributed by atoms with van der Waals surface area (Å²) in [6.07, 6.45) is 2.28. The zero-order valence-electron chi connectivity index (χ0n) is 17.6. The van der Waals surface area contributed by atoms with Gasteiger partial charge in [0, 0.05) is 40.3 Å². The Hall–Kier alpha value is -2.04. The van der Waals surface area contributed by atoms with Gasteiger partial charge in [-0.3, -0.25) is 4.90 Å². The van der Waals surface area contributed by atoms with Gasteiger partial charge >= 0.3 is 0 Å². The van der Waals surface area contributed by atoms with Crippen molar-refractivity contribution in [2.75, 3.05) is 13.1 Å². The molecule has 0 bridgehead atoms. The van der Waals surface area contributed by atoms with Gasteiger partial charge in [0.2, 0.25) is 0 Å². The van der Waals surface area contributed by atoms with Crippen LogP contribution in [0.25, 0.3) is 0 Å². The van der Waals surface area contributed by atoms with E-state index in [0.717, 1.165) is 65.9 Å². The third-order valence-electron chi connectivity index (χ3n) is 5.78. The van der Waals surface area contributed by atoms with E-state index in [-0.39, 0.29) is 0 Å². The van der Waals surface area contributed by atoms with Crippen molar-refractivity contribution in [1.29, 1.82) is 0 Å². The van der Waals surface area contributed by atoms with Crippen LogP contribution in [-0.2, 0) is 19.7 Å². The van der Waals surface area contributed by atoms with Gasteiger partial charge in [-0.05, 0) is 55.8 Å². The number of nitrogens with zero attached hydrogens (tertiary/aromatic N) is 1. The van der Waals surface area contributed by atoms with E-state index in [2.05, 4.69) is 40.5 Å². The number of rotatable bonds is 8. The summed E-state index contributed by atoms with van der Waals surface area (Å²) < 4.78 is 6.09. The molecule has 1 aliphatic heterocycles. The Kier molecular flexibility index (Phi) is 7.87. The minimum Gasteiger partial charge on any atom is -0.489 e. The predicted octanol–water partition coefficient (Wildman–Crippen LogP) is 6.33. The number of benzene rings is 3. The van der Waals surface area contributed by atoms with Crippen LogP contribution >= 0.6 is 23.2 Å². The van der Waals surface area contributed by atoms with Gasteiger partial charge in [-0.1, -0.05) is 71.7 Å². The highest BCUT2D eigenvalue weighted by molar-refractivity contribution is 6.31. The van der Waals surface area contributed by atoms with Crippen LogP contribution in [-0.4, -0.2) is 24.0 Å². The van der Waals surface area contributed by atoms with E-state index < -0.39 is 0 Å². The van der Waals surface area contributed by atoms with Gasteiger partial charge in [-0.25, -0.2) is 0 Å². The van der Waals surface area contributed by atoms with Crippen molar-refractivity contribution in [2.45, 2.75) is 38.6 Å². The number of piperidine rings is 1. The lowest BCUT2D eigenvalue weighted by molar-refractivity contribution is 0.189. The van der Waals surface area contributed by atoms with Crippen LogP contribution in [0.15, 0.2) is 72.8 Å². The highest BCUT2D eigenvalue weighted by Crippen LogP contribution is 2.26. The number of hydrogen-bond acceptors (Lipinski definition) is 3. The summed E-state index contributed by atoms with van der Waals surface area (Å²) in [6.45, 7) is 4.42. The number of likely N-dealkylation sites (tertiary alicyclic amines) is 1. The first-order valence-corrected chi connectivity index (χ1v) is 11.6. The summed E-state index contributed by atoms with van der Waals surface area (Å²) in [5.41, 5.74) is 3.43. The Bertz CT molecular complexity index is 972. The topological polar surface area (TPSA) is 24.5 Å². The van der Waals surface area contributed by atoms with Crippen molar-refractivity contribution in [2.24, 2.45) is 0 Å². The summed E-state index contributed by atoms with van der Waals surface area (Å²) in [5.74, 6) is 0.846. The fourth-order valence-corrected chi connectivity index (χ4v) is 4.37. The van der Waals surface area contributed by atoms with Crippen LogP contribution in [0.3, 0.4) is 0 Å². The molecular formula is C26H28Cl2N2O. The van der Waals surface area contributed by atoms with Crippen LogP contribution in [0.2, 0.25) is 10.0 Å². The lowest BCUT2D eigenvalue weighted by atomic mass is 10.0. The molecule has 0 amide bonds. The minimum absolute atomic E-state index is 0.437. The van der Waals surface area contributed by atoms with Crippen LogP contribution in [0.4, 0.5) is 0 Å². The van der Waals surface area contributed by atoms with Crippen molar-refractivity contribution >= 4 is 23.2 Å². The summed E-state index contributed by atoms with van der Waals surface area (Å²) in [4.78, 5) is 2.53. The molecule has 162 valence electrons. The van der Waals surface area contributed by atoms with Crippen molar-refractivity contribution in [3.8, 4) is 5.75 Å². The van der Waals surface area contributed by atoms with Gasteiger partial charge in [0.15, 0.2) is 0 Å². The highest BCUT2D eigenvalue weighted by atomic mass is 35.5. The molecule has 1 N–H and O–H groups in total. The standard InChI is InChI=1S/C26H28Cl2N2O/c27-23-10-11-26(31-19-21-8-4-5-9-25(21)28)22(16-23)17-29-24-12-14-30(15-13-24)18-20-6-2-1-3-7-20/h1-11,16,24,29H,12-15,17-19H2. The maximum absolute atomic E-state index is 6.27. The maximum atomic E-state index is 6.27. The van der Waals surface area contributed by atoms with E-state index in [4.69, 9.17) is 27.9 Å². The summed E-state index contributed by atoms with van der Waals surface area (Å²) in [7, 11) is 0. The molecule has 5 heteroatoms. The molecule has 0 saturated carbocycles. The van der Waals surface area contributed by atoms with Gasteiger partial charge in [0.05, 0.1) is 0 Å². The molecule has 3 nitrogen and oxygen atoms in total.